The lowest BCUT2D eigenvalue weighted by Gasteiger charge is -2.23. The van der Waals surface area contributed by atoms with Crippen molar-refractivity contribution in [2.24, 2.45) is 0 Å². The molecular weight excluding hydrogens is 428 g/mol. The summed E-state index contributed by atoms with van der Waals surface area (Å²) in [6, 6.07) is 4.58. The summed E-state index contributed by atoms with van der Waals surface area (Å²) >= 11 is 7.71. The van der Waals surface area contributed by atoms with Crippen LogP contribution in [0.3, 0.4) is 0 Å². The maximum atomic E-state index is 12.2. The predicted molar refractivity (Wildman–Crippen MR) is 114 cm³/mol. The fourth-order valence-corrected chi connectivity index (χ4v) is 4.13. The number of carbonyl (C=O) groups excluding carboxylic acids is 1. The van der Waals surface area contributed by atoms with Gasteiger partial charge in [-0.15, -0.1) is 11.3 Å². The number of thiazole rings is 1. The molecule has 1 aliphatic heterocycles. The zero-order valence-corrected chi connectivity index (χ0v) is 17.8. The first-order valence-corrected chi connectivity index (χ1v) is 10.4. The van der Waals surface area contributed by atoms with Crippen molar-refractivity contribution < 1.29 is 14.6 Å². The van der Waals surface area contributed by atoms with Gasteiger partial charge in [-0.2, -0.15) is 4.98 Å². The number of ether oxygens (including phenoxy) is 1. The quantitative estimate of drug-likeness (QED) is 0.553. The van der Waals surface area contributed by atoms with E-state index < -0.39 is 18.2 Å². The van der Waals surface area contributed by atoms with Crippen LogP contribution in [0, 0.1) is 0 Å². The lowest BCUT2D eigenvalue weighted by atomic mass is 10.2. The molecule has 0 aromatic carbocycles. The van der Waals surface area contributed by atoms with E-state index in [1.165, 1.54) is 11.0 Å². The third-order valence-corrected chi connectivity index (χ3v) is 6.04. The van der Waals surface area contributed by atoms with E-state index in [0.717, 1.165) is 15.4 Å². The van der Waals surface area contributed by atoms with Gasteiger partial charge >= 0.3 is 6.09 Å². The Balaban J connectivity index is 1.55. The van der Waals surface area contributed by atoms with Gasteiger partial charge in [0.1, 0.15) is 28.6 Å². The molecule has 1 aliphatic rings. The number of hydrogen-bond donors (Lipinski definition) is 2. The van der Waals surface area contributed by atoms with Crippen molar-refractivity contribution in [1.29, 1.82) is 0 Å². The van der Waals surface area contributed by atoms with Crippen LogP contribution in [-0.4, -0.2) is 49.9 Å². The second-order valence-electron chi connectivity index (χ2n) is 6.80. The number of amides is 1. The number of aliphatic hydroxyl groups is 1. The Morgan fingerprint density at radius 1 is 1.33 bits per heavy atom. The molecule has 11 heteroatoms. The summed E-state index contributed by atoms with van der Waals surface area (Å²) in [6.07, 6.45) is 3.88. The molecule has 1 amide bonds. The number of nitrogens with zero attached hydrogens (tertiary/aromatic N) is 5. The van der Waals surface area contributed by atoms with Crippen LogP contribution in [0.25, 0.3) is 10.6 Å². The van der Waals surface area contributed by atoms with Crippen molar-refractivity contribution in [3.05, 3.63) is 46.8 Å². The Bertz CT molecular complexity index is 1050. The van der Waals surface area contributed by atoms with Crippen LogP contribution < -0.4 is 10.2 Å². The zero-order valence-electron chi connectivity index (χ0n) is 16.2. The number of nitrogens with one attached hydrogen (secondary N) is 1. The highest BCUT2D eigenvalue weighted by Gasteiger charge is 2.38. The molecule has 0 spiro atoms. The molecule has 0 bridgehead atoms. The minimum Gasteiger partial charge on any atom is -0.447 e. The van der Waals surface area contributed by atoms with Crippen LogP contribution in [-0.2, 0) is 4.74 Å². The van der Waals surface area contributed by atoms with E-state index in [4.69, 9.17) is 16.3 Å². The van der Waals surface area contributed by atoms with Crippen molar-refractivity contribution in [2.45, 2.75) is 32.0 Å². The number of anilines is 2. The third-order valence-electron chi connectivity index (χ3n) is 4.61. The highest BCUT2D eigenvalue weighted by molar-refractivity contribution is 7.15. The molecule has 1 saturated heterocycles. The highest BCUT2D eigenvalue weighted by atomic mass is 35.5. The summed E-state index contributed by atoms with van der Waals surface area (Å²) in [7, 11) is 0. The molecule has 0 aliphatic carbocycles. The number of rotatable bonds is 6. The van der Waals surface area contributed by atoms with Crippen LogP contribution >= 0.6 is 22.9 Å². The first kappa shape index (κ1) is 20.5. The van der Waals surface area contributed by atoms with Crippen LogP contribution in [0.2, 0.25) is 5.15 Å². The molecular formula is C19H19ClN6O3S. The maximum Gasteiger partial charge on any atom is 0.416 e. The van der Waals surface area contributed by atoms with Crippen molar-refractivity contribution >= 4 is 40.8 Å². The molecule has 156 valence electrons. The van der Waals surface area contributed by atoms with Crippen LogP contribution in [0.4, 0.5) is 16.6 Å². The molecule has 3 atom stereocenters. The van der Waals surface area contributed by atoms with E-state index in [9.17, 15) is 9.90 Å². The average Bonchev–Trinajstić information content (AvgIpc) is 3.35. The predicted octanol–water partition coefficient (Wildman–Crippen LogP) is 3.53. The van der Waals surface area contributed by atoms with Gasteiger partial charge in [-0.3, -0.25) is 9.88 Å². The van der Waals surface area contributed by atoms with Gasteiger partial charge in [-0.1, -0.05) is 11.6 Å². The second kappa shape index (κ2) is 8.50. The van der Waals surface area contributed by atoms with Crippen LogP contribution in [0.5, 0.6) is 0 Å². The van der Waals surface area contributed by atoms with Crippen LogP contribution in [0.1, 0.15) is 24.8 Å². The first-order valence-electron chi connectivity index (χ1n) is 9.23. The van der Waals surface area contributed by atoms with Gasteiger partial charge in [-0.25, -0.2) is 14.8 Å². The standard InChI is InChI=1S/C19H19ClN6O3S/c1-10(14-8-22-17(30-14)12-3-5-21-6-4-12)23-18-24-15(20)7-16(25-18)26-13(11(2)27)9-29-19(26)28/h3-8,10-11,13,27H,9H2,1-2H3,(H,23,24,25)/t10-,11+,13?/m0/s1. The molecule has 0 radical (unpaired) electrons. The molecule has 30 heavy (non-hydrogen) atoms. The summed E-state index contributed by atoms with van der Waals surface area (Å²) < 4.78 is 5.06. The fraction of sp³-hybridized carbons (Fsp3) is 0.316. The Morgan fingerprint density at radius 2 is 2.10 bits per heavy atom. The maximum absolute atomic E-state index is 12.2. The molecule has 9 nitrogen and oxygen atoms in total. The Hall–Kier alpha value is -2.82. The van der Waals surface area contributed by atoms with Crippen molar-refractivity contribution in [3.8, 4) is 10.6 Å². The van der Waals surface area contributed by atoms with E-state index in [0.29, 0.717) is 0 Å². The van der Waals surface area contributed by atoms with Crippen molar-refractivity contribution in [1.82, 2.24) is 19.9 Å². The van der Waals surface area contributed by atoms with Gasteiger partial charge < -0.3 is 15.2 Å². The number of aromatic nitrogens is 4. The van der Waals surface area contributed by atoms with Gasteiger partial charge in [0.25, 0.3) is 0 Å². The molecule has 2 N–H and O–H groups in total. The molecule has 0 saturated carbocycles. The summed E-state index contributed by atoms with van der Waals surface area (Å²) in [4.78, 5) is 31.5. The number of halogens is 1. The van der Waals surface area contributed by atoms with Gasteiger partial charge in [0.2, 0.25) is 5.95 Å². The number of aliphatic hydroxyl groups excluding tert-OH is 1. The normalized spacial score (nSPS) is 18.2. The number of carbonyl (C=O) groups is 1. The largest absolute Gasteiger partial charge is 0.447 e. The van der Waals surface area contributed by atoms with Crippen molar-refractivity contribution in [3.63, 3.8) is 0 Å². The zero-order chi connectivity index (χ0) is 21.3. The SMILES string of the molecule is C[C@H](Nc1nc(Cl)cc(N2C(=O)OCC2[C@@H](C)O)n1)c1cnc(-c2ccncc2)s1. The minimum atomic E-state index is -0.788. The highest BCUT2D eigenvalue weighted by Crippen LogP contribution is 2.31. The van der Waals surface area contributed by atoms with Crippen molar-refractivity contribution in [2.75, 3.05) is 16.8 Å². The van der Waals surface area contributed by atoms with Gasteiger partial charge in [0.05, 0.1) is 12.1 Å². The van der Waals surface area contributed by atoms with E-state index in [-0.39, 0.29) is 29.6 Å². The minimum absolute atomic E-state index is 0.0793. The van der Waals surface area contributed by atoms with E-state index in [1.807, 2.05) is 19.1 Å². The Kier molecular flexibility index (Phi) is 5.80. The van der Waals surface area contributed by atoms with E-state index >= 15 is 0 Å². The summed E-state index contributed by atoms with van der Waals surface area (Å²) in [5.74, 6) is 0.521. The monoisotopic (exact) mass is 446 g/mol. The molecule has 4 rings (SSSR count). The Labute approximate surface area is 181 Å². The van der Waals surface area contributed by atoms with Crippen LogP contribution in [0.15, 0.2) is 36.8 Å². The van der Waals surface area contributed by atoms with Gasteiger partial charge in [-0.05, 0) is 26.0 Å². The number of pyridine rings is 1. The molecule has 3 aromatic heterocycles. The summed E-state index contributed by atoms with van der Waals surface area (Å²) in [5.41, 5.74) is 0.992. The smallest absolute Gasteiger partial charge is 0.416 e. The first-order chi connectivity index (χ1) is 14.4. The number of hydrogen-bond acceptors (Lipinski definition) is 9. The Morgan fingerprint density at radius 3 is 2.83 bits per heavy atom. The molecule has 1 unspecified atom stereocenters. The average molecular weight is 447 g/mol. The fourth-order valence-electron chi connectivity index (χ4n) is 3.03. The van der Waals surface area contributed by atoms with Gasteiger partial charge in [0, 0.05) is 35.1 Å². The lowest BCUT2D eigenvalue weighted by molar-refractivity contribution is 0.142. The molecule has 1 fully saturated rings. The number of cyclic esters (lactones) is 1. The van der Waals surface area contributed by atoms with E-state index in [1.54, 1.807) is 36.9 Å². The summed E-state index contributed by atoms with van der Waals surface area (Å²) in [5, 5.41) is 14.2. The molecule has 4 heterocycles. The topological polar surface area (TPSA) is 113 Å². The van der Waals surface area contributed by atoms with Gasteiger partial charge in [0.15, 0.2) is 0 Å². The second-order valence-corrected chi connectivity index (χ2v) is 8.25. The lowest BCUT2D eigenvalue weighted by Crippen LogP contribution is -2.41. The third kappa shape index (κ3) is 4.20. The van der Waals surface area contributed by atoms with E-state index in [2.05, 4.69) is 25.3 Å². The summed E-state index contributed by atoms with van der Waals surface area (Å²) in [6.45, 7) is 3.63. The molecule has 3 aromatic rings.